The van der Waals surface area contributed by atoms with E-state index >= 15 is 0 Å². The average molecular weight is 229 g/mol. The lowest BCUT2D eigenvalue weighted by molar-refractivity contribution is -0.125. The second kappa shape index (κ2) is 5.78. The third-order valence-corrected chi connectivity index (χ3v) is 3.23. The molecule has 0 radical (unpaired) electrons. The second-order valence-corrected chi connectivity index (χ2v) is 4.69. The fourth-order valence-electron chi connectivity index (χ4n) is 2.16. The molecule has 0 aliphatic carbocycles. The number of carbonyl (C=O) groups is 1. The summed E-state index contributed by atoms with van der Waals surface area (Å²) in [5, 5.41) is 0. The van der Waals surface area contributed by atoms with Gasteiger partial charge in [-0.1, -0.05) is 49.4 Å². The van der Waals surface area contributed by atoms with E-state index < -0.39 is 0 Å². The zero-order valence-corrected chi connectivity index (χ0v) is 10.3. The summed E-state index contributed by atoms with van der Waals surface area (Å²) >= 11 is 0. The van der Waals surface area contributed by atoms with Crippen molar-refractivity contribution in [2.45, 2.75) is 13.3 Å². The van der Waals surface area contributed by atoms with Gasteiger partial charge in [0, 0.05) is 32.0 Å². The van der Waals surface area contributed by atoms with Gasteiger partial charge in [0.05, 0.1) is 0 Å². The van der Waals surface area contributed by atoms with E-state index in [4.69, 9.17) is 0 Å². The Bertz CT molecular complexity index is 397. The molecule has 2 nitrogen and oxygen atoms in total. The molecule has 0 bridgehead atoms. The van der Waals surface area contributed by atoms with Crippen LogP contribution in [0.3, 0.4) is 0 Å². The quantitative estimate of drug-likeness (QED) is 0.794. The number of rotatable bonds is 3. The van der Waals surface area contributed by atoms with E-state index in [0.717, 1.165) is 19.6 Å². The SMILES string of the molecule is CC1CN(C/C=C/c2ccccc2)CCC1=O. The molecule has 1 saturated heterocycles. The van der Waals surface area contributed by atoms with Gasteiger partial charge in [-0.2, -0.15) is 0 Å². The number of hydrogen-bond donors (Lipinski definition) is 0. The summed E-state index contributed by atoms with van der Waals surface area (Å²) in [5.74, 6) is 0.613. The topological polar surface area (TPSA) is 20.3 Å². The Kier molecular flexibility index (Phi) is 4.10. The summed E-state index contributed by atoms with van der Waals surface area (Å²) < 4.78 is 0. The largest absolute Gasteiger partial charge is 0.299 e. The standard InChI is InChI=1S/C15H19NO/c1-13-12-16(11-9-15(13)17)10-5-8-14-6-3-2-4-7-14/h2-8,13H,9-12H2,1H3/b8-5+. The Labute approximate surface area is 103 Å². The highest BCUT2D eigenvalue weighted by atomic mass is 16.1. The highest BCUT2D eigenvalue weighted by Crippen LogP contribution is 2.12. The molecule has 2 heteroatoms. The summed E-state index contributed by atoms with van der Waals surface area (Å²) in [4.78, 5) is 13.7. The molecule has 0 N–H and O–H groups in total. The minimum Gasteiger partial charge on any atom is -0.299 e. The van der Waals surface area contributed by atoms with Gasteiger partial charge in [0.25, 0.3) is 0 Å². The van der Waals surface area contributed by atoms with Gasteiger partial charge < -0.3 is 0 Å². The van der Waals surface area contributed by atoms with E-state index in [-0.39, 0.29) is 5.92 Å². The molecule has 1 aromatic rings. The molecule has 0 amide bonds. The van der Waals surface area contributed by atoms with E-state index in [9.17, 15) is 4.79 Å². The first kappa shape index (κ1) is 12.1. The van der Waals surface area contributed by atoms with Crippen LogP contribution in [-0.4, -0.2) is 30.3 Å². The van der Waals surface area contributed by atoms with Crippen molar-refractivity contribution in [3.05, 3.63) is 42.0 Å². The van der Waals surface area contributed by atoms with Crippen LogP contribution in [0.5, 0.6) is 0 Å². The molecule has 0 aromatic heterocycles. The lowest BCUT2D eigenvalue weighted by Gasteiger charge is -2.28. The normalized spacial score (nSPS) is 22.2. The first-order chi connectivity index (χ1) is 8.25. The van der Waals surface area contributed by atoms with Crippen molar-refractivity contribution in [1.82, 2.24) is 4.90 Å². The van der Waals surface area contributed by atoms with Crippen LogP contribution in [-0.2, 0) is 4.79 Å². The third-order valence-electron chi connectivity index (χ3n) is 3.23. The molecule has 1 unspecified atom stereocenters. The van der Waals surface area contributed by atoms with Crippen molar-refractivity contribution in [3.8, 4) is 0 Å². The Morgan fingerprint density at radius 3 is 2.82 bits per heavy atom. The second-order valence-electron chi connectivity index (χ2n) is 4.69. The summed E-state index contributed by atoms with van der Waals surface area (Å²) in [6, 6.07) is 10.3. The van der Waals surface area contributed by atoms with Gasteiger partial charge in [0.1, 0.15) is 5.78 Å². The molecule has 0 spiro atoms. The van der Waals surface area contributed by atoms with Crippen LogP contribution in [0.4, 0.5) is 0 Å². The molecule has 1 aromatic carbocycles. The maximum absolute atomic E-state index is 11.4. The van der Waals surface area contributed by atoms with Crippen LogP contribution in [0.25, 0.3) is 6.08 Å². The van der Waals surface area contributed by atoms with Gasteiger partial charge in [0.15, 0.2) is 0 Å². The molecule has 0 saturated carbocycles. The van der Waals surface area contributed by atoms with Crippen LogP contribution in [0.15, 0.2) is 36.4 Å². The van der Waals surface area contributed by atoms with Gasteiger partial charge in [-0.3, -0.25) is 9.69 Å². The third kappa shape index (κ3) is 3.53. The fourth-order valence-corrected chi connectivity index (χ4v) is 2.16. The van der Waals surface area contributed by atoms with Crippen LogP contribution in [0.1, 0.15) is 18.9 Å². The summed E-state index contributed by atoms with van der Waals surface area (Å²) in [7, 11) is 0. The van der Waals surface area contributed by atoms with Crippen LogP contribution in [0, 0.1) is 5.92 Å². The number of likely N-dealkylation sites (tertiary alicyclic amines) is 1. The van der Waals surface area contributed by atoms with Crippen molar-refractivity contribution >= 4 is 11.9 Å². The van der Waals surface area contributed by atoms with Gasteiger partial charge in [0.2, 0.25) is 0 Å². The molecule has 1 fully saturated rings. The molecular weight excluding hydrogens is 210 g/mol. The maximum atomic E-state index is 11.4. The summed E-state index contributed by atoms with van der Waals surface area (Å²) in [5.41, 5.74) is 1.23. The smallest absolute Gasteiger partial charge is 0.138 e. The summed E-state index contributed by atoms with van der Waals surface area (Å²) in [6.07, 6.45) is 5.03. The number of Topliss-reactive ketones (excluding diaryl/α,β-unsaturated/α-hetero) is 1. The average Bonchev–Trinajstić information content (AvgIpc) is 2.35. The van der Waals surface area contributed by atoms with Crippen LogP contribution in [0.2, 0.25) is 0 Å². The predicted octanol–water partition coefficient (Wildman–Crippen LogP) is 2.61. The zero-order chi connectivity index (χ0) is 12.1. The Morgan fingerprint density at radius 2 is 2.12 bits per heavy atom. The monoisotopic (exact) mass is 229 g/mol. The highest BCUT2D eigenvalue weighted by Gasteiger charge is 2.22. The molecule has 1 heterocycles. The van der Waals surface area contributed by atoms with E-state index in [0.29, 0.717) is 12.2 Å². The molecule has 90 valence electrons. The summed E-state index contributed by atoms with van der Waals surface area (Å²) in [6.45, 7) is 4.77. The first-order valence-electron chi connectivity index (χ1n) is 6.22. The number of nitrogens with zero attached hydrogens (tertiary/aromatic N) is 1. The Balaban J connectivity index is 1.83. The van der Waals surface area contributed by atoms with Crippen molar-refractivity contribution in [2.24, 2.45) is 5.92 Å². The predicted molar refractivity (Wildman–Crippen MR) is 70.7 cm³/mol. The van der Waals surface area contributed by atoms with Crippen molar-refractivity contribution in [1.29, 1.82) is 0 Å². The number of carbonyl (C=O) groups excluding carboxylic acids is 1. The minimum absolute atomic E-state index is 0.203. The van der Waals surface area contributed by atoms with Crippen LogP contribution >= 0.6 is 0 Å². The lowest BCUT2D eigenvalue weighted by Crippen LogP contribution is -2.39. The Morgan fingerprint density at radius 1 is 1.35 bits per heavy atom. The van der Waals surface area contributed by atoms with Crippen molar-refractivity contribution in [3.63, 3.8) is 0 Å². The lowest BCUT2D eigenvalue weighted by atomic mass is 9.99. The van der Waals surface area contributed by atoms with Crippen molar-refractivity contribution < 1.29 is 4.79 Å². The number of benzene rings is 1. The van der Waals surface area contributed by atoms with Gasteiger partial charge in [-0.05, 0) is 5.56 Å². The van der Waals surface area contributed by atoms with Crippen LogP contribution < -0.4 is 0 Å². The Hall–Kier alpha value is -1.41. The van der Waals surface area contributed by atoms with E-state index in [1.807, 2.05) is 25.1 Å². The molecule has 2 rings (SSSR count). The zero-order valence-electron chi connectivity index (χ0n) is 10.3. The molecule has 1 aliphatic rings. The number of hydrogen-bond acceptors (Lipinski definition) is 2. The first-order valence-corrected chi connectivity index (χ1v) is 6.22. The number of piperidine rings is 1. The van der Waals surface area contributed by atoms with Gasteiger partial charge >= 0.3 is 0 Å². The van der Waals surface area contributed by atoms with Gasteiger partial charge in [-0.15, -0.1) is 0 Å². The maximum Gasteiger partial charge on any atom is 0.138 e. The molecule has 17 heavy (non-hydrogen) atoms. The molecule has 1 aliphatic heterocycles. The van der Waals surface area contributed by atoms with E-state index in [2.05, 4.69) is 29.2 Å². The van der Waals surface area contributed by atoms with Crippen molar-refractivity contribution in [2.75, 3.05) is 19.6 Å². The minimum atomic E-state index is 0.203. The van der Waals surface area contributed by atoms with Gasteiger partial charge in [-0.25, -0.2) is 0 Å². The number of ketones is 1. The highest BCUT2D eigenvalue weighted by molar-refractivity contribution is 5.81. The molecular formula is C15H19NO. The van der Waals surface area contributed by atoms with E-state index in [1.54, 1.807) is 0 Å². The fraction of sp³-hybridized carbons (Fsp3) is 0.400. The molecule has 1 atom stereocenters. The van der Waals surface area contributed by atoms with E-state index in [1.165, 1.54) is 5.56 Å².